The summed E-state index contributed by atoms with van der Waals surface area (Å²) in [5.41, 5.74) is 1.81. The van der Waals surface area contributed by atoms with Crippen LogP contribution in [0.15, 0.2) is 35.6 Å². The van der Waals surface area contributed by atoms with Gasteiger partial charge in [0.15, 0.2) is 5.76 Å². The number of hydrogen-bond donors (Lipinski definition) is 1. The average molecular weight is 181 g/mol. The Morgan fingerprint density at radius 1 is 1.62 bits per heavy atom. The highest BCUT2D eigenvalue weighted by atomic mass is 16.7. The van der Waals surface area contributed by atoms with E-state index >= 15 is 0 Å². The Kier molecular flexibility index (Phi) is 1.98. The largest absolute Gasteiger partial charge is 0.463 e. The maximum absolute atomic E-state index is 9.02. The number of rotatable bonds is 1. The number of aliphatic hydroxyl groups excluding tert-OH is 1. The van der Waals surface area contributed by atoms with E-state index in [2.05, 4.69) is 0 Å². The second kappa shape index (κ2) is 3.14. The van der Waals surface area contributed by atoms with E-state index in [-0.39, 0.29) is 13.5 Å². The van der Waals surface area contributed by atoms with Crippen LogP contribution >= 0.6 is 0 Å². The molecule has 0 spiro atoms. The molecule has 0 radical (unpaired) electrons. The molecule has 4 nitrogen and oxygen atoms in total. The molecule has 0 amide bonds. The van der Waals surface area contributed by atoms with E-state index < -0.39 is 0 Å². The minimum atomic E-state index is -0.0775. The van der Waals surface area contributed by atoms with E-state index in [4.69, 9.17) is 14.6 Å². The molecular weight excluding hydrogens is 170 g/mol. The molecule has 2 heterocycles. The van der Waals surface area contributed by atoms with Crippen molar-refractivity contribution in [2.75, 3.05) is 13.5 Å². The lowest BCUT2D eigenvalue weighted by atomic mass is 10.1. The van der Waals surface area contributed by atoms with Crippen molar-refractivity contribution in [1.29, 1.82) is 0 Å². The lowest BCUT2D eigenvalue weighted by molar-refractivity contribution is 0.000591. The monoisotopic (exact) mass is 181 g/mol. The van der Waals surface area contributed by atoms with Gasteiger partial charge in [-0.3, -0.25) is 0 Å². The molecule has 1 N–H and O–H groups in total. The van der Waals surface area contributed by atoms with Crippen molar-refractivity contribution in [1.82, 2.24) is 4.90 Å². The van der Waals surface area contributed by atoms with Gasteiger partial charge in [-0.25, -0.2) is 0 Å². The lowest BCUT2D eigenvalue weighted by Crippen LogP contribution is -2.26. The van der Waals surface area contributed by atoms with Crippen LogP contribution in [0.25, 0.3) is 0 Å². The van der Waals surface area contributed by atoms with Crippen molar-refractivity contribution in [3.63, 3.8) is 0 Å². The summed E-state index contributed by atoms with van der Waals surface area (Å²) < 4.78 is 10.3. The van der Waals surface area contributed by atoms with Crippen molar-refractivity contribution >= 4 is 0 Å². The molecule has 4 heteroatoms. The van der Waals surface area contributed by atoms with Crippen molar-refractivity contribution in [3.8, 4) is 0 Å². The fourth-order valence-electron chi connectivity index (χ4n) is 1.33. The molecule has 0 fully saturated rings. The fraction of sp³-hybridized carbons (Fsp3) is 0.333. The molecule has 0 aromatic heterocycles. The van der Waals surface area contributed by atoms with Crippen molar-refractivity contribution in [3.05, 3.63) is 35.6 Å². The predicted octanol–water partition coefficient (Wildman–Crippen LogP) is 0.885. The zero-order valence-corrected chi connectivity index (χ0v) is 7.36. The molecule has 0 aliphatic carbocycles. The van der Waals surface area contributed by atoms with E-state index in [1.807, 2.05) is 13.0 Å². The third-order valence-electron chi connectivity index (χ3n) is 2.02. The molecular formula is C9H11NO3. The summed E-state index contributed by atoms with van der Waals surface area (Å²) in [7, 11) is 0. The van der Waals surface area contributed by atoms with Crippen LogP contribution in [0.1, 0.15) is 6.92 Å². The first-order chi connectivity index (χ1) is 6.33. The fourth-order valence-corrected chi connectivity index (χ4v) is 1.33. The minimum absolute atomic E-state index is 0.0775. The van der Waals surface area contributed by atoms with Gasteiger partial charge in [-0.05, 0) is 18.6 Å². The molecule has 2 aliphatic heterocycles. The van der Waals surface area contributed by atoms with Crippen LogP contribution in [0.4, 0.5) is 0 Å². The Hall–Kier alpha value is -1.42. The second-order valence-electron chi connectivity index (χ2n) is 2.87. The molecule has 0 saturated carbocycles. The van der Waals surface area contributed by atoms with Gasteiger partial charge in [0.25, 0.3) is 0 Å². The number of allylic oxidation sites excluding steroid dienone is 2. The summed E-state index contributed by atoms with van der Waals surface area (Å²) in [4.78, 5) is 1.65. The Morgan fingerprint density at radius 2 is 2.46 bits per heavy atom. The highest BCUT2D eigenvalue weighted by Crippen LogP contribution is 2.28. The molecule has 70 valence electrons. The van der Waals surface area contributed by atoms with Crippen LogP contribution in [0.3, 0.4) is 0 Å². The number of fused-ring (bicyclic) bond motifs is 1. The molecule has 2 rings (SSSR count). The molecule has 0 saturated heterocycles. The van der Waals surface area contributed by atoms with E-state index in [1.165, 1.54) is 0 Å². The summed E-state index contributed by atoms with van der Waals surface area (Å²) in [5, 5.41) is 9.02. The summed E-state index contributed by atoms with van der Waals surface area (Å²) in [6.45, 7) is 2.12. The molecule has 0 aromatic carbocycles. The first-order valence-electron chi connectivity index (χ1n) is 4.04. The predicted molar refractivity (Wildman–Crippen MR) is 45.9 cm³/mol. The topological polar surface area (TPSA) is 41.9 Å². The van der Waals surface area contributed by atoms with Gasteiger partial charge in [-0.1, -0.05) is 0 Å². The van der Waals surface area contributed by atoms with E-state index in [1.54, 1.807) is 17.4 Å². The van der Waals surface area contributed by atoms with Crippen LogP contribution in [0.5, 0.6) is 0 Å². The molecule has 0 aromatic rings. The Bertz CT molecular complexity index is 304. The Morgan fingerprint density at radius 3 is 3.23 bits per heavy atom. The number of ether oxygens (including phenoxy) is 2. The van der Waals surface area contributed by atoms with E-state index in [0.717, 1.165) is 17.0 Å². The van der Waals surface area contributed by atoms with Crippen LogP contribution in [-0.2, 0) is 9.47 Å². The maximum atomic E-state index is 9.02. The highest BCUT2D eigenvalue weighted by molar-refractivity contribution is 5.39. The number of nitrogens with zero attached hydrogens (tertiary/aromatic N) is 1. The molecule has 0 bridgehead atoms. The normalized spacial score (nSPS) is 20.5. The van der Waals surface area contributed by atoms with Gasteiger partial charge in [-0.2, -0.15) is 0 Å². The second-order valence-corrected chi connectivity index (χ2v) is 2.87. The summed E-state index contributed by atoms with van der Waals surface area (Å²) >= 11 is 0. The van der Waals surface area contributed by atoms with Gasteiger partial charge in [0, 0.05) is 6.20 Å². The zero-order chi connectivity index (χ0) is 9.26. The minimum Gasteiger partial charge on any atom is -0.463 e. The van der Waals surface area contributed by atoms with Crippen LogP contribution in [0, 0.1) is 0 Å². The van der Waals surface area contributed by atoms with Crippen molar-refractivity contribution in [2.45, 2.75) is 6.92 Å². The van der Waals surface area contributed by atoms with Crippen LogP contribution in [-0.4, -0.2) is 23.5 Å². The third kappa shape index (κ3) is 1.29. The molecule has 0 unspecified atom stereocenters. The van der Waals surface area contributed by atoms with Gasteiger partial charge in [0.2, 0.25) is 6.79 Å². The molecule has 13 heavy (non-hydrogen) atoms. The number of hydrogen-bond acceptors (Lipinski definition) is 4. The smallest absolute Gasteiger partial charge is 0.230 e. The van der Waals surface area contributed by atoms with Gasteiger partial charge in [0.1, 0.15) is 18.7 Å². The molecule has 0 atom stereocenters. The van der Waals surface area contributed by atoms with Crippen LogP contribution in [0.2, 0.25) is 0 Å². The van der Waals surface area contributed by atoms with Gasteiger partial charge >= 0.3 is 0 Å². The lowest BCUT2D eigenvalue weighted by Gasteiger charge is -2.29. The van der Waals surface area contributed by atoms with E-state index in [9.17, 15) is 0 Å². The number of aliphatic hydroxyl groups is 1. The van der Waals surface area contributed by atoms with Gasteiger partial charge < -0.3 is 19.5 Å². The Labute approximate surface area is 76.4 Å². The van der Waals surface area contributed by atoms with Crippen LogP contribution < -0.4 is 0 Å². The summed E-state index contributed by atoms with van der Waals surface area (Å²) in [6, 6.07) is 0. The summed E-state index contributed by atoms with van der Waals surface area (Å²) in [6.07, 6.45) is 5.29. The maximum Gasteiger partial charge on any atom is 0.230 e. The summed E-state index contributed by atoms with van der Waals surface area (Å²) in [5.74, 6) is 0.780. The quantitative estimate of drug-likeness (QED) is 0.652. The van der Waals surface area contributed by atoms with Crippen molar-refractivity contribution < 1.29 is 14.6 Å². The Balaban J connectivity index is 2.38. The van der Waals surface area contributed by atoms with Crippen molar-refractivity contribution in [2.24, 2.45) is 0 Å². The SMILES string of the molecule is CC1=C2OCOC=C2N(CO)C=C1. The first-order valence-corrected chi connectivity index (χ1v) is 4.04. The average Bonchev–Trinajstić information content (AvgIpc) is 2.19. The highest BCUT2D eigenvalue weighted by Gasteiger charge is 2.22. The standard InChI is InChI=1S/C9H11NO3/c1-7-2-3-10(5-11)8-4-12-6-13-9(7)8/h2-4,11H,5-6H2,1H3. The zero-order valence-electron chi connectivity index (χ0n) is 7.36. The third-order valence-corrected chi connectivity index (χ3v) is 2.02. The van der Waals surface area contributed by atoms with E-state index in [0.29, 0.717) is 0 Å². The van der Waals surface area contributed by atoms with Gasteiger partial charge in [-0.15, -0.1) is 0 Å². The first kappa shape index (κ1) is 8.19. The van der Waals surface area contributed by atoms with Gasteiger partial charge in [0.05, 0.1) is 0 Å². The molecule has 2 aliphatic rings.